The zero-order valence-electron chi connectivity index (χ0n) is 16.5. The van der Waals surface area contributed by atoms with Crippen LogP contribution in [-0.2, 0) is 10.0 Å². The fourth-order valence-electron chi connectivity index (χ4n) is 3.98. The summed E-state index contributed by atoms with van der Waals surface area (Å²) >= 11 is 0. The number of carbonyl (C=O) groups is 1. The first-order valence-electron chi connectivity index (χ1n) is 9.73. The number of nitrogens with one attached hydrogen (secondary N) is 1. The summed E-state index contributed by atoms with van der Waals surface area (Å²) < 4.78 is 33.6. The number of urea groups is 1. The van der Waals surface area contributed by atoms with Gasteiger partial charge in [-0.3, -0.25) is 0 Å². The third kappa shape index (κ3) is 3.70. The number of para-hydroxylation sites is 2. The zero-order valence-corrected chi connectivity index (χ0v) is 17.4. The second-order valence-corrected chi connectivity index (χ2v) is 9.47. The molecular formula is C21H25N3O4S. The van der Waals surface area contributed by atoms with Gasteiger partial charge in [-0.05, 0) is 37.1 Å². The highest BCUT2D eigenvalue weighted by Gasteiger charge is 2.41. The minimum absolute atomic E-state index is 0.179. The molecule has 2 aliphatic heterocycles. The Kier molecular flexibility index (Phi) is 5.23. The van der Waals surface area contributed by atoms with Crippen molar-refractivity contribution in [1.82, 2.24) is 9.21 Å². The van der Waals surface area contributed by atoms with Crippen molar-refractivity contribution in [3.8, 4) is 5.75 Å². The van der Waals surface area contributed by atoms with E-state index in [1.54, 1.807) is 36.2 Å². The van der Waals surface area contributed by atoms with Gasteiger partial charge in [0, 0.05) is 32.2 Å². The molecule has 8 heteroatoms. The summed E-state index contributed by atoms with van der Waals surface area (Å²) in [5.41, 5.74) is 1.77. The Morgan fingerprint density at radius 1 is 1.07 bits per heavy atom. The molecule has 2 aromatic carbocycles. The molecule has 0 radical (unpaired) electrons. The summed E-state index contributed by atoms with van der Waals surface area (Å²) in [4.78, 5) is 14.7. The SMILES string of the molecule is Cc1ccccc1NC(=O)N1CC[C@@H]2[C@@H](CC1)Oc1ccccc1S(=O)(=O)N2C. The number of rotatable bonds is 1. The number of carbonyl (C=O) groups excluding carboxylic acids is 1. The summed E-state index contributed by atoms with van der Waals surface area (Å²) in [6, 6.07) is 13.9. The van der Waals surface area contributed by atoms with Crippen molar-refractivity contribution in [3.63, 3.8) is 0 Å². The fraction of sp³-hybridized carbons (Fsp3) is 0.381. The van der Waals surface area contributed by atoms with Gasteiger partial charge in [0.1, 0.15) is 16.7 Å². The van der Waals surface area contributed by atoms with Gasteiger partial charge in [-0.25, -0.2) is 13.2 Å². The number of sulfonamides is 1. The molecule has 0 bridgehead atoms. The molecule has 4 rings (SSSR count). The van der Waals surface area contributed by atoms with Crippen molar-refractivity contribution < 1.29 is 17.9 Å². The van der Waals surface area contributed by atoms with Crippen molar-refractivity contribution >= 4 is 21.7 Å². The van der Waals surface area contributed by atoms with E-state index >= 15 is 0 Å². The topological polar surface area (TPSA) is 79.0 Å². The Labute approximate surface area is 171 Å². The number of ether oxygens (including phenoxy) is 1. The predicted molar refractivity (Wildman–Crippen MR) is 111 cm³/mol. The van der Waals surface area contributed by atoms with E-state index in [1.165, 1.54) is 4.31 Å². The van der Waals surface area contributed by atoms with Crippen LogP contribution in [0.2, 0.25) is 0 Å². The van der Waals surface area contributed by atoms with E-state index in [9.17, 15) is 13.2 Å². The summed E-state index contributed by atoms with van der Waals surface area (Å²) in [6.45, 7) is 2.90. The lowest BCUT2D eigenvalue weighted by Gasteiger charge is -2.28. The van der Waals surface area contributed by atoms with Crippen LogP contribution in [0.25, 0.3) is 0 Å². The van der Waals surface area contributed by atoms with Crippen LogP contribution < -0.4 is 10.1 Å². The van der Waals surface area contributed by atoms with E-state index in [4.69, 9.17) is 4.74 Å². The number of anilines is 1. The molecule has 2 heterocycles. The van der Waals surface area contributed by atoms with Gasteiger partial charge in [-0.1, -0.05) is 30.3 Å². The molecule has 0 aromatic heterocycles. The van der Waals surface area contributed by atoms with Crippen LogP contribution in [0.3, 0.4) is 0 Å². The number of amides is 2. The van der Waals surface area contributed by atoms with E-state index in [2.05, 4.69) is 5.32 Å². The molecule has 2 aromatic rings. The minimum atomic E-state index is -3.65. The van der Waals surface area contributed by atoms with E-state index in [-0.39, 0.29) is 23.1 Å². The summed E-state index contributed by atoms with van der Waals surface area (Å²) in [7, 11) is -2.05. The molecule has 0 unspecified atom stereocenters. The first-order valence-corrected chi connectivity index (χ1v) is 11.2. The number of fused-ring (bicyclic) bond motifs is 2. The third-order valence-electron chi connectivity index (χ3n) is 5.73. The van der Waals surface area contributed by atoms with Crippen molar-refractivity contribution in [2.75, 3.05) is 25.5 Å². The molecule has 1 N–H and O–H groups in total. The quantitative estimate of drug-likeness (QED) is 0.776. The van der Waals surface area contributed by atoms with Crippen molar-refractivity contribution in [2.45, 2.75) is 36.8 Å². The Morgan fingerprint density at radius 2 is 1.76 bits per heavy atom. The smallest absolute Gasteiger partial charge is 0.321 e. The second kappa shape index (κ2) is 7.68. The highest BCUT2D eigenvalue weighted by atomic mass is 32.2. The number of nitrogens with zero attached hydrogens (tertiary/aromatic N) is 2. The summed E-state index contributed by atoms with van der Waals surface area (Å²) in [5.74, 6) is 0.379. The van der Waals surface area contributed by atoms with Crippen molar-refractivity contribution in [1.29, 1.82) is 0 Å². The number of benzene rings is 2. The maximum absolute atomic E-state index is 13.0. The Morgan fingerprint density at radius 3 is 2.55 bits per heavy atom. The molecule has 1 fully saturated rings. The van der Waals surface area contributed by atoms with E-state index in [1.807, 2.05) is 31.2 Å². The monoisotopic (exact) mass is 415 g/mol. The van der Waals surface area contributed by atoms with Crippen LogP contribution in [0.5, 0.6) is 5.75 Å². The fourth-order valence-corrected chi connectivity index (χ4v) is 5.51. The van der Waals surface area contributed by atoms with E-state index in [0.717, 1.165) is 11.3 Å². The lowest BCUT2D eigenvalue weighted by atomic mass is 10.1. The van der Waals surface area contributed by atoms with Gasteiger partial charge in [0.15, 0.2) is 0 Å². The molecule has 1 saturated heterocycles. The predicted octanol–water partition coefficient (Wildman–Crippen LogP) is 3.07. The summed E-state index contributed by atoms with van der Waals surface area (Å²) in [5, 5.41) is 2.96. The molecule has 2 aliphatic rings. The molecule has 29 heavy (non-hydrogen) atoms. The van der Waals surface area contributed by atoms with Gasteiger partial charge in [0.05, 0.1) is 6.04 Å². The second-order valence-electron chi connectivity index (χ2n) is 7.50. The molecule has 0 spiro atoms. The zero-order chi connectivity index (χ0) is 20.6. The van der Waals surface area contributed by atoms with Gasteiger partial charge in [0.2, 0.25) is 10.0 Å². The van der Waals surface area contributed by atoms with Gasteiger partial charge in [0.25, 0.3) is 0 Å². The highest BCUT2D eigenvalue weighted by molar-refractivity contribution is 7.89. The maximum Gasteiger partial charge on any atom is 0.321 e. The van der Waals surface area contributed by atoms with Gasteiger partial charge < -0.3 is 15.0 Å². The van der Waals surface area contributed by atoms with Crippen LogP contribution in [0.4, 0.5) is 10.5 Å². The molecular weight excluding hydrogens is 390 g/mol. The molecule has 154 valence electrons. The molecule has 2 amide bonds. The average molecular weight is 416 g/mol. The molecule has 0 aliphatic carbocycles. The van der Waals surface area contributed by atoms with Crippen LogP contribution >= 0.6 is 0 Å². The van der Waals surface area contributed by atoms with E-state index in [0.29, 0.717) is 31.7 Å². The van der Waals surface area contributed by atoms with Crippen molar-refractivity contribution in [3.05, 3.63) is 54.1 Å². The number of aryl methyl sites for hydroxylation is 1. The maximum atomic E-state index is 13.0. The normalized spacial score (nSPS) is 23.7. The number of likely N-dealkylation sites (N-methyl/N-ethyl adjacent to an activating group) is 1. The molecule has 7 nitrogen and oxygen atoms in total. The number of likely N-dealkylation sites (tertiary alicyclic amines) is 1. The Bertz CT molecular complexity index is 1020. The Balaban J connectivity index is 1.54. The van der Waals surface area contributed by atoms with Gasteiger partial charge >= 0.3 is 6.03 Å². The average Bonchev–Trinajstić information content (AvgIpc) is 2.95. The minimum Gasteiger partial charge on any atom is -0.487 e. The lowest BCUT2D eigenvalue weighted by molar-refractivity contribution is 0.122. The number of hydrogen-bond donors (Lipinski definition) is 1. The van der Waals surface area contributed by atoms with Crippen LogP contribution in [0, 0.1) is 6.92 Å². The Hall–Kier alpha value is -2.58. The first kappa shape index (κ1) is 19.7. The molecule has 0 saturated carbocycles. The van der Waals surface area contributed by atoms with Crippen LogP contribution in [-0.4, -0.2) is 55.9 Å². The van der Waals surface area contributed by atoms with Crippen molar-refractivity contribution in [2.24, 2.45) is 0 Å². The van der Waals surface area contributed by atoms with Gasteiger partial charge in [-0.15, -0.1) is 0 Å². The van der Waals surface area contributed by atoms with Crippen LogP contribution in [0.1, 0.15) is 18.4 Å². The van der Waals surface area contributed by atoms with E-state index < -0.39 is 10.0 Å². The molecule has 2 atom stereocenters. The lowest BCUT2D eigenvalue weighted by Crippen LogP contribution is -2.44. The van der Waals surface area contributed by atoms with Crippen LogP contribution in [0.15, 0.2) is 53.4 Å². The summed E-state index contributed by atoms with van der Waals surface area (Å²) in [6.07, 6.45) is 0.755. The first-order chi connectivity index (χ1) is 13.9. The van der Waals surface area contributed by atoms with Gasteiger partial charge in [-0.2, -0.15) is 4.31 Å². The number of hydrogen-bond acceptors (Lipinski definition) is 4. The highest BCUT2D eigenvalue weighted by Crippen LogP contribution is 2.35. The third-order valence-corrected chi connectivity index (χ3v) is 7.66. The largest absolute Gasteiger partial charge is 0.487 e. The standard InChI is InChI=1S/C21H25N3O4S/c1-15-7-3-4-8-16(15)22-21(25)24-13-11-17-18(12-14-24)28-19-9-5-6-10-20(19)29(26,27)23(17)2/h3-10,17-18H,11-14H2,1-2H3,(H,22,25)/t17-,18-/m1/s1.